The molecule has 1 aliphatic heterocycles. The van der Waals surface area contributed by atoms with Gasteiger partial charge in [-0.05, 0) is 30.3 Å². The Labute approximate surface area is 138 Å². The lowest BCUT2D eigenvalue weighted by atomic mass is 10.2. The second-order valence-corrected chi connectivity index (χ2v) is 6.97. The predicted molar refractivity (Wildman–Crippen MR) is 90.2 cm³/mol. The summed E-state index contributed by atoms with van der Waals surface area (Å²) < 4.78 is 27.2. The lowest BCUT2D eigenvalue weighted by Gasteiger charge is -2.28. The van der Waals surface area contributed by atoms with Gasteiger partial charge in [-0.3, -0.25) is 10.1 Å². The van der Waals surface area contributed by atoms with Gasteiger partial charge in [-0.15, -0.1) is 0 Å². The number of benzene rings is 2. The molecule has 9 nitrogen and oxygen atoms in total. The van der Waals surface area contributed by atoms with Crippen molar-refractivity contribution in [1.29, 1.82) is 0 Å². The minimum atomic E-state index is -3.72. The van der Waals surface area contributed by atoms with Crippen molar-refractivity contribution in [3.8, 4) is 0 Å². The zero-order chi connectivity index (χ0) is 17.3. The maximum absolute atomic E-state index is 12.4. The summed E-state index contributed by atoms with van der Waals surface area (Å²) in [5.41, 5.74) is 7.12. The van der Waals surface area contributed by atoms with E-state index in [-0.39, 0.29) is 17.1 Å². The Morgan fingerprint density at radius 2 is 1.88 bits per heavy atom. The van der Waals surface area contributed by atoms with Gasteiger partial charge in [-0.1, -0.05) is 0 Å². The molecule has 5 N–H and O–H groups in total. The van der Waals surface area contributed by atoms with Crippen molar-refractivity contribution < 1.29 is 13.3 Å². The number of nitro groups is 1. The van der Waals surface area contributed by atoms with Gasteiger partial charge in [0.1, 0.15) is 6.17 Å². The minimum Gasteiger partial charge on any atom is -0.399 e. The van der Waals surface area contributed by atoms with Crippen LogP contribution < -0.4 is 21.1 Å². The molecule has 1 heterocycles. The Hall–Kier alpha value is -2.85. The van der Waals surface area contributed by atoms with E-state index in [1.54, 1.807) is 0 Å². The predicted octanol–water partition coefficient (Wildman–Crippen LogP) is 1.32. The molecule has 0 bridgehead atoms. The molecule has 126 valence electrons. The van der Waals surface area contributed by atoms with E-state index in [0.717, 1.165) is 0 Å². The van der Waals surface area contributed by atoms with E-state index in [1.807, 2.05) is 0 Å². The van der Waals surface area contributed by atoms with Crippen LogP contribution >= 0.6 is 0 Å². The van der Waals surface area contributed by atoms with Crippen molar-refractivity contribution in [2.24, 2.45) is 0 Å². The van der Waals surface area contributed by atoms with Crippen molar-refractivity contribution in [3.05, 3.63) is 52.6 Å². The number of nitrogen functional groups attached to an aromatic ring is 1. The SMILES string of the molecule is Nc1ccc(S(=O)(=O)NC2CNc3cc([N+](=O)[O-])ccc3N2)cc1. The molecule has 10 heteroatoms. The van der Waals surface area contributed by atoms with Crippen LogP contribution in [0.4, 0.5) is 22.7 Å². The first-order valence-electron chi connectivity index (χ1n) is 7.02. The lowest BCUT2D eigenvalue weighted by Crippen LogP contribution is -2.47. The molecular weight excluding hydrogens is 334 g/mol. The van der Waals surface area contributed by atoms with Crippen molar-refractivity contribution in [1.82, 2.24) is 4.72 Å². The molecule has 3 rings (SSSR count). The number of non-ortho nitro benzene ring substituents is 1. The van der Waals surface area contributed by atoms with Gasteiger partial charge in [0, 0.05) is 24.4 Å². The third kappa shape index (κ3) is 3.24. The van der Waals surface area contributed by atoms with Crippen LogP contribution in [0.25, 0.3) is 0 Å². The first kappa shape index (κ1) is 16.0. The smallest absolute Gasteiger partial charge is 0.271 e. The monoisotopic (exact) mass is 349 g/mol. The van der Waals surface area contributed by atoms with Gasteiger partial charge in [0.2, 0.25) is 10.0 Å². The Bertz CT molecular complexity index is 883. The van der Waals surface area contributed by atoms with E-state index in [4.69, 9.17) is 5.73 Å². The van der Waals surface area contributed by atoms with E-state index in [0.29, 0.717) is 17.1 Å². The summed E-state index contributed by atoms with van der Waals surface area (Å²) >= 11 is 0. The fourth-order valence-corrected chi connectivity index (χ4v) is 3.49. The molecule has 0 saturated carbocycles. The molecule has 0 radical (unpaired) electrons. The molecule has 0 amide bonds. The topological polar surface area (TPSA) is 139 Å². The maximum atomic E-state index is 12.4. The van der Waals surface area contributed by atoms with E-state index in [2.05, 4.69) is 15.4 Å². The van der Waals surface area contributed by atoms with Crippen LogP contribution in [0, 0.1) is 10.1 Å². The van der Waals surface area contributed by atoms with Crippen molar-refractivity contribution in [2.75, 3.05) is 22.9 Å². The number of sulfonamides is 1. The lowest BCUT2D eigenvalue weighted by molar-refractivity contribution is -0.384. The van der Waals surface area contributed by atoms with Gasteiger partial charge in [0.25, 0.3) is 5.69 Å². The maximum Gasteiger partial charge on any atom is 0.271 e. The van der Waals surface area contributed by atoms with E-state index < -0.39 is 21.1 Å². The molecule has 2 aromatic carbocycles. The van der Waals surface area contributed by atoms with E-state index in [1.165, 1.54) is 42.5 Å². The van der Waals surface area contributed by atoms with Crippen LogP contribution in [-0.2, 0) is 10.0 Å². The minimum absolute atomic E-state index is 0.0380. The van der Waals surface area contributed by atoms with Crippen LogP contribution in [0.15, 0.2) is 47.4 Å². The Balaban J connectivity index is 1.76. The number of nitrogens with two attached hydrogens (primary N) is 1. The van der Waals surface area contributed by atoms with Crippen LogP contribution in [0.5, 0.6) is 0 Å². The zero-order valence-electron chi connectivity index (χ0n) is 12.4. The van der Waals surface area contributed by atoms with Crippen molar-refractivity contribution >= 4 is 32.8 Å². The Morgan fingerprint density at radius 1 is 1.17 bits per heavy atom. The molecule has 1 unspecified atom stereocenters. The van der Waals surface area contributed by atoms with Gasteiger partial charge < -0.3 is 16.4 Å². The van der Waals surface area contributed by atoms with Gasteiger partial charge >= 0.3 is 0 Å². The summed E-state index contributed by atoms with van der Waals surface area (Å²) in [5.74, 6) is 0. The molecule has 0 spiro atoms. The summed E-state index contributed by atoms with van der Waals surface area (Å²) in [6.45, 7) is 0.238. The Morgan fingerprint density at radius 3 is 2.54 bits per heavy atom. The number of anilines is 3. The summed E-state index contributed by atoms with van der Waals surface area (Å²) in [4.78, 5) is 10.4. The molecule has 2 aromatic rings. The summed E-state index contributed by atoms with van der Waals surface area (Å²) in [5, 5.41) is 16.8. The van der Waals surface area contributed by atoms with Gasteiger partial charge in [0.15, 0.2) is 0 Å². The van der Waals surface area contributed by atoms with Crippen molar-refractivity contribution in [3.63, 3.8) is 0 Å². The highest BCUT2D eigenvalue weighted by Gasteiger charge is 2.24. The summed E-state index contributed by atoms with van der Waals surface area (Å²) in [7, 11) is -3.72. The second kappa shape index (κ2) is 5.98. The van der Waals surface area contributed by atoms with Gasteiger partial charge in [-0.2, -0.15) is 4.72 Å². The normalized spacial score (nSPS) is 16.6. The van der Waals surface area contributed by atoms with E-state index in [9.17, 15) is 18.5 Å². The molecular formula is C14H15N5O4S. The highest BCUT2D eigenvalue weighted by atomic mass is 32.2. The highest BCUT2D eigenvalue weighted by Crippen LogP contribution is 2.30. The number of nitrogens with one attached hydrogen (secondary N) is 3. The summed E-state index contributed by atoms with van der Waals surface area (Å²) in [6, 6.07) is 10.1. The number of nitro benzene ring substituents is 1. The first-order chi connectivity index (χ1) is 11.3. The van der Waals surface area contributed by atoms with Crippen LogP contribution in [0.1, 0.15) is 0 Å². The van der Waals surface area contributed by atoms with Crippen LogP contribution in [0.3, 0.4) is 0 Å². The first-order valence-corrected chi connectivity index (χ1v) is 8.50. The van der Waals surface area contributed by atoms with Crippen LogP contribution in [0.2, 0.25) is 0 Å². The molecule has 0 fully saturated rings. The third-order valence-electron chi connectivity index (χ3n) is 3.53. The average Bonchev–Trinajstić information content (AvgIpc) is 2.54. The van der Waals surface area contributed by atoms with Gasteiger partial charge in [0.05, 0.1) is 21.2 Å². The quantitative estimate of drug-likeness (QED) is 0.371. The van der Waals surface area contributed by atoms with Crippen LogP contribution in [-0.4, -0.2) is 26.1 Å². The highest BCUT2D eigenvalue weighted by molar-refractivity contribution is 7.89. The van der Waals surface area contributed by atoms with Gasteiger partial charge in [-0.25, -0.2) is 8.42 Å². The fraction of sp³-hybridized carbons (Fsp3) is 0.143. The number of nitrogens with zero attached hydrogens (tertiary/aromatic N) is 1. The number of hydrogen-bond acceptors (Lipinski definition) is 7. The van der Waals surface area contributed by atoms with Crippen molar-refractivity contribution in [2.45, 2.75) is 11.1 Å². The fourth-order valence-electron chi connectivity index (χ4n) is 2.34. The molecule has 0 saturated heterocycles. The molecule has 1 aliphatic rings. The largest absolute Gasteiger partial charge is 0.399 e. The molecule has 24 heavy (non-hydrogen) atoms. The number of rotatable bonds is 4. The van der Waals surface area contributed by atoms with E-state index >= 15 is 0 Å². The molecule has 1 atom stereocenters. The zero-order valence-corrected chi connectivity index (χ0v) is 13.2. The standard InChI is InChI=1S/C14H15N5O4S/c15-9-1-4-11(5-2-9)24(22,23)18-14-8-16-13-7-10(19(20)21)3-6-12(13)17-14/h1-7,14,16-18H,8,15H2. The Kier molecular flexibility index (Phi) is 3.99. The third-order valence-corrected chi connectivity index (χ3v) is 5.02. The number of fused-ring (bicyclic) bond motifs is 1. The second-order valence-electron chi connectivity index (χ2n) is 5.26. The average molecular weight is 349 g/mol. The molecule has 0 aliphatic carbocycles. The number of hydrogen-bond donors (Lipinski definition) is 4. The summed E-state index contributed by atoms with van der Waals surface area (Å²) in [6.07, 6.45) is -0.596. The molecule has 0 aromatic heterocycles.